The normalized spacial score (nSPS) is 13.1. The van der Waals surface area contributed by atoms with Gasteiger partial charge in [-0.15, -0.1) is 0 Å². The van der Waals surface area contributed by atoms with Gasteiger partial charge in [-0.25, -0.2) is 0 Å². The molecule has 1 rings (SSSR count). The summed E-state index contributed by atoms with van der Waals surface area (Å²) in [5.41, 5.74) is 11.5. The third-order valence-electron chi connectivity index (χ3n) is 2.62. The number of benzene rings is 1. The van der Waals surface area contributed by atoms with Gasteiger partial charge in [-0.3, -0.25) is 9.59 Å². The monoisotopic (exact) mass is 282 g/mol. The maximum Gasteiger partial charge on any atom is 0.320 e. The van der Waals surface area contributed by atoms with Crippen LogP contribution in [0.4, 0.5) is 0 Å². The van der Waals surface area contributed by atoms with Crippen molar-refractivity contribution in [3.63, 3.8) is 0 Å². The molecule has 0 aliphatic heterocycles. The Bertz CT molecular complexity index is 420. The first-order chi connectivity index (χ1) is 9.25. The minimum Gasteiger partial charge on any atom is -0.480 e. The molecule has 0 unspecified atom stereocenters. The molecule has 0 saturated carbocycles. The van der Waals surface area contributed by atoms with Gasteiger partial charge in [0.1, 0.15) is 12.1 Å². The van der Waals surface area contributed by atoms with E-state index < -0.39 is 24.0 Å². The summed E-state index contributed by atoms with van der Waals surface area (Å²) in [5.74, 6) is -1.87. The van der Waals surface area contributed by atoms with Crippen molar-refractivity contribution in [1.82, 2.24) is 0 Å². The Kier molecular flexibility index (Phi) is 8.19. The standard InChI is InChI=1S/C9H11NO2.C5H11NO2/c10-8(9(11)12)6-7-4-2-1-3-5-7;1-3(2)4(6)5(7)8/h1-5,8H,6,10H2,(H,11,12);3-4H,6H2,1-2H3,(H,7,8)/t8-;4-/m01/s1. The molecule has 1 aromatic rings. The summed E-state index contributed by atoms with van der Waals surface area (Å²) in [6.45, 7) is 3.55. The van der Waals surface area contributed by atoms with Crippen LogP contribution in [0.1, 0.15) is 19.4 Å². The van der Waals surface area contributed by atoms with Crippen LogP contribution in [0.3, 0.4) is 0 Å². The van der Waals surface area contributed by atoms with E-state index >= 15 is 0 Å². The van der Waals surface area contributed by atoms with Gasteiger partial charge in [0.05, 0.1) is 0 Å². The molecule has 0 aromatic heterocycles. The largest absolute Gasteiger partial charge is 0.480 e. The van der Waals surface area contributed by atoms with Crippen LogP contribution in [0, 0.1) is 5.92 Å². The van der Waals surface area contributed by atoms with Crippen LogP contribution in [0.2, 0.25) is 0 Å². The van der Waals surface area contributed by atoms with Gasteiger partial charge >= 0.3 is 11.9 Å². The number of carboxylic acid groups (broad SMARTS) is 2. The zero-order valence-electron chi connectivity index (χ0n) is 11.7. The molecule has 0 aliphatic rings. The van der Waals surface area contributed by atoms with Crippen LogP contribution in [-0.2, 0) is 16.0 Å². The fraction of sp³-hybridized carbons (Fsp3) is 0.429. The lowest BCUT2D eigenvalue weighted by atomic mass is 10.1. The molecule has 0 fully saturated rings. The van der Waals surface area contributed by atoms with Crippen molar-refractivity contribution >= 4 is 11.9 Å². The van der Waals surface area contributed by atoms with Gasteiger partial charge in [0.2, 0.25) is 0 Å². The number of nitrogens with two attached hydrogens (primary N) is 2. The van der Waals surface area contributed by atoms with Crippen LogP contribution in [-0.4, -0.2) is 34.2 Å². The molecule has 0 saturated heterocycles. The zero-order valence-corrected chi connectivity index (χ0v) is 11.7. The van der Waals surface area contributed by atoms with Gasteiger partial charge in [-0.1, -0.05) is 44.2 Å². The number of aliphatic carboxylic acids is 2. The van der Waals surface area contributed by atoms with Crippen molar-refractivity contribution in [2.75, 3.05) is 0 Å². The molecule has 0 aliphatic carbocycles. The van der Waals surface area contributed by atoms with Crippen molar-refractivity contribution in [3.8, 4) is 0 Å². The number of carbonyl (C=O) groups is 2. The summed E-state index contributed by atoms with van der Waals surface area (Å²) in [5, 5.41) is 16.7. The number of hydrogen-bond donors (Lipinski definition) is 4. The molecule has 0 amide bonds. The van der Waals surface area contributed by atoms with Crippen LogP contribution in [0.5, 0.6) is 0 Å². The van der Waals surface area contributed by atoms with E-state index in [-0.39, 0.29) is 5.92 Å². The predicted octanol–water partition coefficient (Wildman–Crippen LogP) is 0.695. The van der Waals surface area contributed by atoms with Crippen molar-refractivity contribution in [3.05, 3.63) is 35.9 Å². The van der Waals surface area contributed by atoms with Crippen molar-refractivity contribution in [2.24, 2.45) is 17.4 Å². The SMILES string of the molecule is CC(C)[C@@H](N)C(=O)O.N[C@@H](Cc1ccccc1)C(=O)O. The molecular formula is C14H22N2O4. The van der Waals surface area contributed by atoms with Crippen LogP contribution in [0.25, 0.3) is 0 Å². The van der Waals surface area contributed by atoms with E-state index in [9.17, 15) is 9.59 Å². The van der Waals surface area contributed by atoms with E-state index in [1.807, 2.05) is 30.3 Å². The maximum absolute atomic E-state index is 10.4. The van der Waals surface area contributed by atoms with Crippen LogP contribution in [0.15, 0.2) is 30.3 Å². The first-order valence-corrected chi connectivity index (χ1v) is 6.26. The molecular weight excluding hydrogens is 260 g/mol. The van der Waals surface area contributed by atoms with E-state index in [0.29, 0.717) is 6.42 Å². The molecule has 0 bridgehead atoms. The maximum atomic E-state index is 10.4. The predicted molar refractivity (Wildman–Crippen MR) is 76.2 cm³/mol. The average Bonchev–Trinajstić information content (AvgIpc) is 2.39. The Labute approximate surface area is 118 Å². The molecule has 0 spiro atoms. The molecule has 0 radical (unpaired) electrons. The van der Waals surface area contributed by atoms with Crippen LogP contribution >= 0.6 is 0 Å². The van der Waals surface area contributed by atoms with Gasteiger partial charge in [-0.05, 0) is 17.9 Å². The summed E-state index contributed by atoms with van der Waals surface area (Å²) in [7, 11) is 0. The highest BCUT2D eigenvalue weighted by Crippen LogP contribution is 2.01. The smallest absolute Gasteiger partial charge is 0.320 e. The summed E-state index contributed by atoms with van der Waals surface area (Å²) in [4.78, 5) is 20.4. The minimum atomic E-state index is -0.959. The number of carboxylic acids is 2. The summed E-state index contributed by atoms with van der Waals surface area (Å²) in [6.07, 6.45) is 0.385. The molecule has 6 N–H and O–H groups in total. The fourth-order valence-electron chi connectivity index (χ4n) is 1.24. The molecule has 2 atom stereocenters. The Morgan fingerprint density at radius 3 is 1.85 bits per heavy atom. The molecule has 6 nitrogen and oxygen atoms in total. The van der Waals surface area contributed by atoms with Crippen molar-refractivity contribution in [1.29, 1.82) is 0 Å². The molecule has 6 heteroatoms. The summed E-state index contributed by atoms with van der Waals surface area (Å²) in [6, 6.07) is 7.83. The lowest BCUT2D eigenvalue weighted by molar-refractivity contribution is -0.140. The van der Waals surface area contributed by atoms with Gasteiger partial charge < -0.3 is 21.7 Å². The average molecular weight is 282 g/mol. The Balaban J connectivity index is 0.000000396. The van der Waals surface area contributed by atoms with E-state index in [4.69, 9.17) is 21.7 Å². The first-order valence-electron chi connectivity index (χ1n) is 6.26. The highest BCUT2D eigenvalue weighted by molar-refractivity contribution is 5.73. The van der Waals surface area contributed by atoms with Crippen molar-refractivity contribution < 1.29 is 19.8 Å². The highest BCUT2D eigenvalue weighted by Gasteiger charge is 2.14. The lowest BCUT2D eigenvalue weighted by Gasteiger charge is -2.07. The summed E-state index contributed by atoms with van der Waals surface area (Å²) >= 11 is 0. The Morgan fingerprint density at radius 1 is 1.05 bits per heavy atom. The minimum absolute atomic E-state index is 0.0208. The third-order valence-corrected chi connectivity index (χ3v) is 2.62. The van der Waals surface area contributed by atoms with E-state index in [0.717, 1.165) is 5.56 Å². The van der Waals surface area contributed by atoms with E-state index in [1.54, 1.807) is 13.8 Å². The molecule has 112 valence electrons. The quantitative estimate of drug-likeness (QED) is 0.629. The Morgan fingerprint density at radius 2 is 1.55 bits per heavy atom. The molecule has 0 heterocycles. The Hall–Kier alpha value is -1.92. The number of hydrogen-bond acceptors (Lipinski definition) is 4. The van der Waals surface area contributed by atoms with Gasteiger partial charge in [0, 0.05) is 0 Å². The fourth-order valence-corrected chi connectivity index (χ4v) is 1.24. The second-order valence-electron chi connectivity index (χ2n) is 4.74. The number of rotatable bonds is 5. The zero-order chi connectivity index (χ0) is 15.7. The third kappa shape index (κ3) is 7.50. The topological polar surface area (TPSA) is 127 Å². The first kappa shape index (κ1) is 18.1. The highest BCUT2D eigenvalue weighted by atomic mass is 16.4. The summed E-state index contributed by atoms with van der Waals surface area (Å²) < 4.78 is 0. The van der Waals surface area contributed by atoms with Crippen molar-refractivity contribution in [2.45, 2.75) is 32.4 Å². The second kappa shape index (κ2) is 9.06. The molecule has 20 heavy (non-hydrogen) atoms. The second-order valence-corrected chi connectivity index (χ2v) is 4.74. The van der Waals surface area contributed by atoms with E-state index in [1.165, 1.54) is 0 Å². The van der Waals surface area contributed by atoms with Gasteiger partial charge in [0.15, 0.2) is 0 Å². The van der Waals surface area contributed by atoms with Gasteiger partial charge in [-0.2, -0.15) is 0 Å². The lowest BCUT2D eigenvalue weighted by Crippen LogP contribution is -2.34. The van der Waals surface area contributed by atoms with Gasteiger partial charge in [0.25, 0.3) is 0 Å². The molecule has 1 aromatic carbocycles. The van der Waals surface area contributed by atoms with Crippen LogP contribution < -0.4 is 11.5 Å². The van der Waals surface area contributed by atoms with E-state index in [2.05, 4.69) is 0 Å².